The summed E-state index contributed by atoms with van der Waals surface area (Å²) >= 11 is 6.24. The Hall–Kier alpha value is -2.92. The number of benzene rings is 1. The van der Waals surface area contributed by atoms with Crippen LogP contribution >= 0.6 is 11.6 Å². The zero-order chi connectivity index (χ0) is 20.5. The lowest BCUT2D eigenvalue weighted by Gasteiger charge is -2.34. The quantitative estimate of drug-likeness (QED) is 0.776. The van der Waals surface area contributed by atoms with Crippen LogP contribution in [0.1, 0.15) is 43.2 Å². The van der Waals surface area contributed by atoms with Gasteiger partial charge in [-0.3, -0.25) is 9.59 Å². The number of halogens is 1. The Balaban J connectivity index is 1.79. The summed E-state index contributed by atoms with van der Waals surface area (Å²) in [4.78, 5) is 30.4. The maximum Gasteiger partial charge on any atom is 0.255 e. The second-order valence-corrected chi connectivity index (χ2v) is 7.93. The van der Waals surface area contributed by atoms with E-state index in [-0.39, 0.29) is 11.7 Å². The van der Waals surface area contributed by atoms with E-state index in [2.05, 4.69) is 15.6 Å². The fourth-order valence-electron chi connectivity index (χ4n) is 4.09. The minimum atomic E-state index is -0.456. The van der Waals surface area contributed by atoms with E-state index in [4.69, 9.17) is 11.6 Å². The lowest BCUT2D eigenvalue weighted by molar-refractivity contribution is -0.116. The number of ketones is 1. The molecule has 1 aromatic heterocycles. The number of hydrogen-bond acceptors (Lipinski definition) is 4. The maximum atomic E-state index is 13.3. The normalized spacial score (nSPS) is 19.0. The van der Waals surface area contributed by atoms with E-state index in [0.717, 1.165) is 35.4 Å². The van der Waals surface area contributed by atoms with Gasteiger partial charge in [0.25, 0.3) is 5.91 Å². The van der Waals surface area contributed by atoms with Crippen molar-refractivity contribution in [1.82, 2.24) is 10.3 Å². The molecule has 0 fully saturated rings. The number of pyridine rings is 1. The van der Waals surface area contributed by atoms with Crippen molar-refractivity contribution in [2.45, 2.75) is 39.0 Å². The predicted molar refractivity (Wildman–Crippen MR) is 114 cm³/mol. The molecular weight excluding hydrogens is 386 g/mol. The van der Waals surface area contributed by atoms with Crippen LogP contribution in [0.15, 0.2) is 65.1 Å². The first-order chi connectivity index (χ1) is 13.9. The Morgan fingerprint density at radius 3 is 2.79 bits per heavy atom. The van der Waals surface area contributed by atoms with Crippen LogP contribution in [-0.2, 0) is 9.59 Å². The lowest BCUT2D eigenvalue weighted by Crippen LogP contribution is -2.35. The van der Waals surface area contributed by atoms with Gasteiger partial charge in [0.15, 0.2) is 5.78 Å². The van der Waals surface area contributed by atoms with Crippen LogP contribution in [0, 0.1) is 6.92 Å². The number of carbonyl (C=O) groups is 2. The zero-order valence-electron chi connectivity index (χ0n) is 16.4. The third-order valence-electron chi connectivity index (χ3n) is 5.36. The van der Waals surface area contributed by atoms with E-state index >= 15 is 0 Å². The van der Waals surface area contributed by atoms with Crippen LogP contribution < -0.4 is 10.6 Å². The molecule has 1 unspecified atom stereocenters. The molecule has 2 heterocycles. The van der Waals surface area contributed by atoms with Gasteiger partial charge in [-0.1, -0.05) is 23.7 Å². The van der Waals surface area contributed by atoms with Crippen LogP contribution in [0.25, 0.3) is 0 Å². The van der Waals surface area contributed by atoms with Crippen molar-refractivity contribution in [2.75, 3.05) is 5.32 Å². The number of anilines is 1. The number of allylic oxidation sites excluding steroid dienone is 3. The molecule has 2 N–H and O–H groups in total. The predicted octanol–water partition coefficient (Wildman–Crippen LogP) is 4.65. The van der Waals surface area contributed by atoms with Crippen molar-refractivity contribution in [3.63, 3.8) is 0 Å². The van der Waals surface area contributed by atoms with Crippen LogP contribution in [0.4, 0.5) is 5.82 Å². The second kappa shape index (κ2) is 7.84. The second-order valence-electron chi connectivity index (χ2n) is 7.49. The molecular formula is C23H22ClN3O2. The molecule has 1 amide bonds. The number of aromatic nitrogens is 1. The fraction of sp³-hybridized carbons (Fsp3) is 0.261. The first-order valence-electron chi connectivity index (χ1n) is 9.67. The van der Waals surface area contributed by atoms with Gasteiger partial charge < -0.3 is 10.6 Å². The molecule has 1 aliphatic carbocycles. The van der Waals surface area contributed by atoms with Crippen molar-refractivity contribution in [3.05, 3.63) is 81.3 Å². The molecule has 1 atom stereocenters. The minimum Gasteiger partial charge on any atom is -0.362 e. The lowest BCUT2D eigenvalue weighted by atomic mass is 9.75. The number of Topliss-reactive ketones (excluding diaryl/α,β-unsaturated/α-hetero) is 1. The molecule has 148 valence electrons. The highest BCUT2D eigenvalue weighted by molar-refractivity contribution is 6.30. The average Bonchev–Trinajstić information content (AvgIpc) is 2.67. The van der Waals surface area contributed by atoms with E-state index < -0.39 is 5.92 Å². The van der Waals surface area contributed by atoms with Gasteiger partial charge in [0, 0.05) is 46.1 Å². The van der Waals surface area contributed by atoms with E-state index in [1.807, 2.05) is 44.2 Å². The molecule has 0 bridgehead atoms. The highest BCUT2D eigenvalue weighted by Crippen LogP contribution is 2.42. The van der Waals surface area contributed by atoms with Crippen LogP contribution in [0.5, 0.6) is 0 Å². The molecule has 0 radical (unpaired) electrons. The third-order valence-corrected chi connectivity index (χ3v) is 5.59. The van der Waals surface area contributed by atoms with Crippen molar-refractivity contribution in [2.24, 2.45) is 0 Å². The molecule has 1 aromatic carbocycles. The Bertz CT molecular complexity index is 1070. The zero-order valence-corrected chi connectivity index (χ0v) is 17.1. The molecule has 0 spiro atoms. The van der Waals surface area contributed by atoms with Crippen molar-refractivity contribution >= 4 is 29.1 Å². The number of nitrogens with one attached hydrogen (secondary N) is 2. The van der Waals surface area contributed by atoms with E-state index in [9.17, 15) is 9.59 Å². The Kier molecular flexibility index (Phi) is 5.24. The van der Waals surface area contributed by atoms with E-state index in [0.29, 0.717) is 28.4 Å². The topological polar surface area (TPSA) is 71.1 Å². The molecule has 29 heavy (non-hydrogen) atoms. The highest BCUT2D eigenvalue weighted by Gasteiger charge is 2.38. The van der Waals surface area contributed by atoms with Crippen molar-refractivity contribution in [3.8, 4) is 0 Å². The number of dihydropyridines is 1. The first-order valence-corrected chi connectivity index (χ1v) is 10.1. The van der Waals surface area contributed by atoms with Crippen LogP contribution in [-0.4, -0.2) is 16.7 Å². The van der Waals surface area contributed by atoms with Crippen molar-refractivity contribution < 1.29 is 9.59 Å². The number of aryl methyl sites for hydroxylation is 1. The van der Waals surface area contributed by atoms with Crippen LogP contribution in [0.2, 0.25) is 5.02 Å². The number of rotatable bonds is 3. The highest BCUT2D eigenvalue weighted by atomic mass is 35.5. The number of nitrogens with zero attached hydrogens (tertiary/aromatic N) is 1. The van der Waals surface area contributed by atoms with Crippen molar-refractivity contribution in [1.29, 1.82) is 0 Å². The standard InChI is InChI=1S/C23H22ClN3O2/c1-13-9-10-25-19(11-13)27-23(29)20-14(2)26-17-7-4-8-18(28)22(17)21(20)15-5-3-6-16(24)12-15/h3,5-6,9-12,21,26H,4,7-8H2,1-2H3,(H,25,27,29). The molecule has 0 saturated carbocycles. The van der Waals surface area contributed by atoms with Gasteiger partial charge in [-0.2, -0.15) is 0 Å². The molecule has 4 rings (SSSR count). The minimum absolute atomic E-state index is 0.0789. The first kappa shape index (κ1) is 19.4. The van der Waals surface area contributed by atoms with Gasteiger partial charge in [-0.05, 0) is 62.1 Å². The molecule has 5 nitrogen and oxygen atoms in total. The SMILES string of the molecule is CC1=C(C(=O)Nc2cc(C)ccn2)C(c2cccc(Cl)c2)C2=C(CCCC2=O)N1. The Morgan fingerprint density at radius 1 is 1.21 bits per heavy atom. The summed E-state index contributed by atoms with van der Waals surface area (Å²) in [5.41, 5.74) is 4.68. The largest absolute Gasteiger partial charge is 0.362 e. The smallest absolute Gasteiger partial charge is 0.255 e. The summed E-state index contributed by atoms with van der Waals surface area (Å²) in [6.45, 7) is 3.82. The summed E-state index contributed by atoms with van der Waals surface area (Å²) in [5, 5.41) is 6.78. The Labute approximate surface area is 174 Å². The summed E-state index contributed by atoms with van der Waals surface area (Å²) in [7, 11) is 0. The van der Waals surface area contributed by atoms with Gasteiger partial charge >= 0.3 is 0 Å². The summed E-state index contributed by atoms with van der Waals surface area (Å²) < 4.78 is 0. The maximum absolute atomic E-state index is 13.3. The molecule has 1 aliphatic heterocycles. The number of carbonyl (C=O) groups excluding carboxylic acids is 2. The van der Waals surface area contributed by atoms with Gasteiger partial charge in [-0.25, -0.2) is 4.98 Å². The van der Waals surface area contributed by atoms with Gasteiger partial charge in [0.2, 0.25) is 0 Å². The summed E-state index contributed by atoms with van der Waals surface area (Å²) in [6.07, 6.45) is 3.76. The number of amides is 1. The van der Waals surface area contributed by atoms with Crippen LogP contribution in [0.3, 0.4) is 0 Å². The average molecular weight is 408 g/mol. The van der Waals surface area contributed by atoms with Gasteiger partial charge in [0.05, 0.1) is 0 Å². The summed E-state index contributed by atoms with van der Waals surface area (Å²) in [6, 6.07) is 11.1. The number of hydrogen-bond donors (Lipinski definition) is 2. The third kappa shape index (κ3) is 3.83. The van der Waals surface area contributed by atoms with E-state index in [1.165, 1.54) is 0 Å². The monoisotopic (exact) mass is 407 g/mol. The molecule has 0 saturated heterocycles. The fourth-order valence-corrected chi connectivity index (χ4v) is 4.29. The molecule has 6 heteroatoms. The van der Waals surface area contributed by atoms with Gasteiger partial charge in [-0.15, -0.1) is 0 Å². The summed E-state index contributed by atoms with van der Waals surface area (Å²) in [5.74, 6) is -0.171. The van der Waals surface area contributed by atoms with Gasteiger partial charge in [0.1, 0.15) is 5.82 Å². The molecule has 2 aromatic rings. The Morgan fingerprint density at radius 2 is 2.03 bits per heavy atom. The van der Waals surface area contributed by atoms with E-state index in [1.54, 1.807) is 12.3 Å². The molecule has 2 aliphatic rings.